The van der Waals surface area contributed by atoms with Crippen LogP contribution in [-0.4, -0.2) is 12.6 Å². The summed E-state index contributed by atoms with van der Waals surface area (Å²) in [4.78, 5) is 0. The van der Waals surface area contributed by atoms with Gasteiger partial charge in [-0.1, -0.05) is 26.7 Å². The molecule has 0 aliphatic heterocycles. The second kappa shape index (κ2) is 4.91. The van der Waals surface area contributed by atoms with Crippen molar-refractivity contribution in [1.29, 1.82) is 0 Å². The van der Waals surface area contributed by atoms with E-state index >= 15 is 0 Å². The fraction of sp³-hybridized carbons (Fsp3) is 1.00. The zero-order valence-corrected chi connectivity index (χ0v) is 11.6. The van der Waals surface area contributed by atoms with Crippen molar-refractivity contribution in [2.75, 3.05) is 6.54 Å². The highest BCUT2D eigenvalue weighted by Gasteiger charge is 2.66. The Hall–Kier alpha value is -0.0400. The van der Waals surface area contributed by atoms with E-state index < -0.39 is 0 Å². The molecule has 3 rings (SSSR count). The quantitative estimate of drug-likeness (QED) is 0.707. The lowest BCUT2D eigenvalue weighted by molar-refractivity contribution is 0.343. The van der Waals surface area contributed by atoms with Gasteiger partial charge in [0.15, 0.2) is 0 Å². The monoisotopic (exact) mass is 235 g/mol. The van der Waals surface area contributed by atoms with Crippen molar-refractivity contribution in [2.24, 2.45) is 29.6 Å². The Morgan fingerprint density at radius 1 is 1.06 bits per heavy atom. The molecule has 5 unspecified atom stereocenters. The lowest BCUT2D eigenvalue weighted by atomic mass is 9.94. The van der Waals surface area contributed by atoms with Gasteiger partial charge in [0.1, 0.15) is 0 Å². The predicted molar refractivity (Wildman–Crippen MR) is 72.9 cm³/mol. The molecule has 1 heteroatoms. The number of rotatable bonds is 7. The summed E-state index contributed by atoms with van der Waals surface area (Å²) in [5.41, 5.74) is 0. The average Bonchev–Trinajstić information content (AvgIpc) is 2.79. The Kier molecular flexibility index (Phi) is 3.47. The molecule has 0 aromatic rings. The van der Waals surface area contributed by atoms with Gasteiger partial charge >= 0.3 is 0 Å². The van der Waals surface area contributed by atoms with E-state index in [0.717, 1.165) is 35.6 Å². The molecule has 2 bridgehead atoms. The third-order valence-corrected chi connectivity index (χ3v) is 5.78. The summed E-state index contributed by atoms with van der Waals surface area (Å²) in [6.45, 7) is 5.86. The minimum Gasteiger partial charge on any atom is -0.314 e. The van der Waals surface area contributed by atoms with Crippen LogP contribution in [0, 0.1) is 29.6 Å². The third-order valence-electron chi connectivity index (χ3n) is 5.78. The van der Waals surface area contributed by atoms with E-state index in [0.29, 0.717) is 0 Å². The highest BCUT2D eigenvalue weighted by atomic mass is 14.9. The standard InChI is InChI=1S/C16H29N/c1-3-5-6-13(17-9-4-2)16-14-11-7-8-12(10-11)15(14)16/h11-17H,3-10H2,1-2H3. The normalized spacial score (nSPS) is 43.8. The molecule has 0 spiro atoms. The lowest BCUT2D eigenvalue weighted by Crippen LogP contribution is -2.34. The van der Waals surface area contributed by atoms with Gasteiger partial charge in [-0.05, 0) is 68.2 Å². The van der Waals surface area contributed by atoms with Gasteiger partial charge in [-0.15, -0.1) is 0 Å². The molecule has 0 heterocycles. The first-order valence-corrected chi connectivity index (χ1v) is 8.10. The van der Waals surface area contributed by atoms with Gasteiger partial charge in [0.05, 0.1) is 0 Å². The summed E-state index contributed by atoms with van der Waals surface area (Å²) >= 11 is 0. The first-order chi connectivity index (χ1) is 8.36. The van der Waals surface area contributed by atoms with Crippen molar-refractivity contribution in [3.63, 3.8) is 0 Å². The summed E-state index contributed by atoms with van der Waals surface area (Å²) in [5.74, 6) is 5.67. The van der Waals surface area contributed by atoms with Crippen molar-refractivity contribution in [1.82, 2.24) is 5.32 Å². The Balaban J connectivity index is 1.57. The van der Waals surface area contributed by atoms with Gasteiger partial charge in [-0.3, -0.25) is 0 Å². The van der Waals surface area contributed by atoms with Crippen molar-refractivity contribution >= 4 is 0 Å². The number of nitrogens with one attached hydrogen (secondary N) is 1. The highest BCUT2D eigenvalue weighted by Crippen LogP contribution is 2.70. The molecule has 0 radical (unpaired) electrons. The van der Waals surface area contributed by atoms with Crippen LogP contribution in [0.3, 0.4) is 0 Å². The molecule has 0 aromatic heterocycles. The molecule has 98 valence electrons. The molecule has 17 heavy (non-hydrogen) atoms. The number of hydrogen-bond acceptors (Lipinski definition) is 1. The van der Waals surface area contributed by atoms with Crippen LogP contribution in [0.2, 0.25) is 0 Å². The Bertz CT molecular complexity index is 238. The van der Waals surface area contributed by atoms with E-state index in [2.05, 4.69) is 19.2 Å². The SMILES string of the molecule is CCCCC(NCCC)C1C2C3CCC(C3)C21. The minimum absolute atomic E-state index is 0.869. The van der Waals surface area contributed by atoms with Crippen molar-refractivity contribution in [3.8, 4) is 0 Å². The molecule has 3 aliphatic rings. The average molecular weight is 235 g/mol. The van der Waals surface area contributed by atoms with Gasteiger partial charge in [0.2, 0.25) is 0 Å². The van der Waals surface area contributed by atoms with Gasteiger partial charge < -0.3 is 5.32 Å². The molecule has 0 saturated heterocycles. The third kappa shape index (κ3) is 2.05. The fourth-order valence-corrected chi connectivity index (χ4v) is 5.11. The largest absolute Gasteiger partial charge is 0.314 e. The Labute approximate surface area is 107 Å². The van der Waals surface area contributed by atoms with Gasteiger partial charge in [0, 0.05) is 6.04 Å². The zero-order valence-electron chi connectivity index (χ0n) is 11.6. The summed E-state index contributed by atoms with van der Waals surface area (Å²) in [6, 6.07) is 0.869. The molecule has 5 atom stereocenters. The van der Waals surface area contributed by atoms with Crippen molar-refractivity contribution < 1.29 is 0 Å². The molecule has 0 amide bonds. The van der Waals surface area contributed by atoms with Crippen molar-refractivity contribution in [3.05, 3.63) is 0 Å². The van der Waals surface area contributed by atoms with E-state index in [4.69, 9.17) is 0 Å². The van der Waals surface area contributed by atoms with E-state index in [1.807, 2.05) is 0 Å². The maximum atomic E-state index is 3.86. The van der Waals surface area contributed by atoms with Gasteiger partial charge in [0.25, 0.3) is 0 Å². The Morgan fingerprint density at radius 2 is 1.76 bits per heavy atom. The molecular weight excluding hydrogens is 206 g/mol. The van der Waals surface area contributed by atoms with Crippen LogP contribution in [0.25, 0.3) is 0 Å². The number of unbranched alkanes of at least 4 members (excludes halogenated alkanes) is 1. The van der Waals surface area contributed by atoms with Crippen LogP contribution in [0.5, 0.6) is 0 Å². The van der Waals surface area contributed by atoms with E-state index in [-0.39, 0.29) is 0 Å². The van der Waals surface area contributed by atoms with Gasteiger partial charge in [-0.25, -0.2) is 0 Å². The van der Waals surface area contributed by atoms with Crippen LogP contribution in [0.15, 0.2) is 0 Å². The van der Waals surface area contributed by atoms with Gasteiger partial charge in [-0.2, -0.15) is 0 Å². The first kappa shape index (κ1) is 12.0. The maximum absolute atomic E-state index is 3.86. The predicted octanol–water partition coefficient (Wildman–Crippen LogP) is 3.84. The van der Waals surface area contributed by atoms with Crippen LogP contribution >= 0.6 is 0 Å². The molecule has 3 saturated carbocycles. The van der Waals surface area contributed by atoms with E-state index in [1.165, 1.54) is 32.2 Å². The van der Waals surface area contributed by atoms with Crippen LogP contribution in [0.1, 0.15) is 58.8 Å². The molecular formula is C16H29N. The minimum atomic E-state index is 0.869. The van der Waals surface area contributed by atoms with E-state index in [9.17, 15) is 0 Å². The van der Waals surface area contributed by atoms with Crippen LogP contribution < -0.4 is 5.32 Å². The fourth-order valence-electron chi connectivity index (χ4n) is 5.11. The highest BCUT2D eigenvalue weighted by molar-refractivity contribution is 5.15. The first-order valence-electron chi connectivity index (χ1n) is 8.10. The summed E-state index contributed by atoms with van der Waals surface area (Å²) in [6.07, 6.45) is 10.2. The number of fused-ring (bicyclic) bond motifs is 5. The molecule has 3 fully saturated rings. The topological polar surface area (TPSA) is 12.0 Å². The second-order valence-electron chi connectivity index (χ2n) is 6.77. The molecule has 3 aliphatic carbocycles. The van der Waals surface area contributed by atoms with Crippen LogP contribution in [0.4, 0.5) is 0 Å². The molecule has 0 aromatic carbocycles. The molecule has 1 N–H and O–H groups in total. The second-order valence-corrected chi connectivity index (χ2v) is 6.77. The molecule has 1 nitrogen and oxygen atoms in total. The maximum Gasteiger partial charge on any atom is 0.0101 e. The smallest absolute Gasteiger partial charge is 0.0101 e. The summed E-state index contributed by atoms with van der Waals surface area (Å²) < 4.78 is 0. The van der Waals surface area contributed by atoms with Crippen molar-refractivity contribution in [2.45, 2.75) is 64.8 Å². The number of hydrogen-bond donors (Lipinski definition) is 1. The van der Waals surface area contributed by atoms with E-state index in [1.54, 1.807) is 19.3 Å². The zero-order chi connectivity index (χ0) is 11.8. The lowest BCUT2D eigenvalue weighted by Gasteiger charge is -2.21. The Morgan fingerprint density at radius 3 is 2.35 bits per heavy atom. The van der Waals surface area contributed by atoms with Crippen LogP contribution in [-0.2, 0) is 0 Å². The summed E-state index contributed by atoms with van der Waals surface area (Å²) in [5, 5.41) is 3.86. The summed E-state index contributed by atoms with van der Waals surface area (Å²) in [7, 11) is 0.